The fourth-order valence-corrected chi connectivity index (χ4v) is 4.24. The van der Waals surface area contributed by atoms with Crippen molar-refractivity contribution < 1.29 is 4.74 Å². The number of aromatic amines is 1. The van der Waals surface area contributed by atoms with E-state index in [9.17, 15) is 0 Å². The Morgan fingerprint density at radius 3 is 2.93 bits per heavy atom. The predicted molar refractivity (Wildman–Crippen MR) is 109 cm³/mol. The fourth-order valence-electron chi connectivity index (χ4n) is 4.24. The Kier molecular flexibility index (Phi) is 4.83. The minimum Gasteiger partial charge on any atom is -0.478 e. The summed E-state index contributed by atoms with van der Waals surface area (Å²) in [7, 11) is 0. The molecule has 0 unspecified atom stereocenters. The van der Waals surface area contributed by atoms with Crippen LogP contribution in [0.5, 0.6) is 5.88 Å². The van der Waals surface area contributed by atoms with E-state index in [1.165, 1.54) is 31.5 Å². The molecule has 1 N–H and O–H groups in total. The zero-order valence-electron chi connectivity index (χ0n) is 16.1. The number of ether oxygens (including phenoxy) is 1. The first kappa shape index (κ1) is 17.4. The van der Waals surface area contributed by atoms with Gasteiger partial charge in [-0.25, -0.2) is 15.0 Å². The molecule has 2 aliphatic heterocycles. The van der Waals surface area contributed by atoms with Gasteiger partial charge in [0.1, 0.15) is 17.8 Å². The summed E-state index contributed by atoms with van der Waals surface area (Å²) in [6, 6.07) is 6.20. The van der Waals surface area contributed by atoms with Gasteiger partial charge in [-0.15, -0.1) is 0 Å². The summed E-state index contributed by atoms with van der Waals surface area (Å²) in [5.41, 5.74) is 3.28. The summed E-state index contributed by atoms with van der Waals surface area (Å²) in [5, 5.41) is 1.07. The van der Waals surface area contributed by atoms with Gasteiger partial charge in [-0.05, 0) is 44.0 Å². The molecule has 3 aromatic heterocycles. The highest BCUT2D eigenvalue weighted by Crippen LogP contribution is 2.28. The molecule has 146 valence electrons. The Morgan fingerprint density at radius 2 is 2.00 bits per heavy atom. The summed E-state index contributed by atoms with van der Waals surface area (Å²) in [6.07, 6.45) is 8.18. The van der Waals surface area contributed by atoms with E-state index in [1.807, 2.05) is 18.3 Å². The van der Waals surface area contributed by atoms with Gasteiger partial charge >= 0.3 is 0 Å². The molecule has 3 aromatic rings. The van der Waals surface area contributed by atoms with Crippen LogP contribution in [0.4, 0.5) is 5.82 Å². The minimum absolute atomic E-state index is 0.737. The molecule has 0 aliphatic carbocycles. The van der Waals surface area contributed by atoms with E-state index in [4.69, 9.17) is 9.72 Å². The van der Waals surface area contributed by atoms with E-state index in [-0.39, 0.29) is 0 Å². The molecule has 0 saturated carbocycles. The molecule has 0 spiro atoms. The maximum absolute atomic E-state index is 5.91. The molecule has 0 aromatic carbocycles. The molecule has 28 heavy (non-hydrogen) atoms. The van der Waals surface area contributed by atoms with Crippen molar-refractivity contribution in [2.75, 3.05) is 37.7 Å². The molecule has 7 nitrogen and oxygen atoms in total. The molecular weight excluding hydrogens is 352 g/mol. The molecule has 0 atom stereocenters. The molecule has 1 saturated heterocycles. The van der Waals surface area contributed by atoms with Gasteiger partial charge in [-0.3, -0.25) is 0 Å². The molecule has 0 bridgehead atoms. The van der Waals surface area contributed by atoms with Crippen molar-refractivity contribution in [3.8, 4) is 5.88 Å². The van der Waals surface area contributed by atoms with Crippen LogP contribution in [0.25, 0.3) is 11.0 Å². The molecule has 1 fully saturated rings. The quantitative estimate of drug-likeness (QED) is 0.665. The highest BCUT2D eigenvalue weighted by atomic mass is 16.5. The number of H-pyrrole nitrogens is 1. The number of anilines is 1. The van der Waals surface area contributed by atoms with Gasteiger partial charge in [-0.2, -0.15) is 0 Å². The third-order valence-corrected chi connectivity index (χ3v) is 5.72. The van der Waals surface area contributed by atoms with E-state index in [0.717, 1.165) is 67.5 Å². The van der Waals surface area contributed by atoms with Gasteiger partial charge in [0.25, 0.3) is 0 Å². The number of pyridine rings is 1. The van der Waals surface area contributed by atoms with Gasteiger partial charge in [0.15, 0.2) is 0 Å². The Hall–Kier alpha value is -2.67. The second-order valence-electron chi connectivity index (χ2n) is 7.61. The number of hydrogen-bond acceptors (Lipinski definition) is 6. The number of likely N-dealkylation sites (tertiary alicyclic amines) is 1. The van der Waals surface area contributed by atoms with E-state index in [2.05, 4.69) is 30.8 Å². The Morgan fingerprint density at radius 1 is 1.07 bits per heavy atom. The molecule has 7 heteroatoms. The number of fused-ring (bicyclic) bond motifs is 2. The SMILES string of the molecule is c1nc(N2CCc3nc(OCCCN4CCCC4)ccc3C2)c2cc[nH]c2n1. The molecular formula is C21H26N6O. The zero-order valence-corrected chi connectivity index (χ0v) is 16.1. The van der Waals surface area contributed by atoms with Gasteiger partial charge in [-0.1, -0.05) is 6.07 Å². The van der Waals surface area contributed by atoms with Crippen molar-refractivity contribution in [1.29, 1.82) is 0 Å². The summed E-state index contributed by atoms with van der Waals surface area (Å²) >= 11 is 0. The van der Waals surface area contributed by atoms with Crippen LogP contribution in [0.15, 0.2) is 30.7 Å². The first-order chi connectivity index (χ1) is 13.9. The summed E-state index contributed by atoms with van der Waals surface area (Å²) in [6.45, 7) is 6.07. The number of rotatable bonds is 6. The minimum atomic E-state index is 0.737. The third-order valence-electron chi connectivity index (χ3n) is 5.72. The maximum Gasteiger partial charge on any atom is 0.213 e. The lowest BCUT2D eigenvalue weighted by molar-refractivity contribution is 0.256. The van der Waals surface area contributed by atoms with Crippen molar-refractivity contribution in [1.82, 2.24) is 24.8 Å². The lowest BCUT2D eigenvalue weighted by Gasteiger charge is -2.29. The van der Waals surface area contributed by atoms with Crippen molar-refractivity contribution in [3.05, 3.63) is 42.0 Å². The molecule has 0 amide bonds. The van der Waals surface area contributed by atoms with Crippen LogP contribution in [-0.2, 0) is 13.0 Å². The smallest absolute Gasteiger partial charge is 0.213 e. The molecule has 5 heterocycles. The van der Waals surface area contributed by atoms with Crippen LogP contribution in [0.1, 0.15) is 30.5 Å². The highest BCUT2D eigenvalue weighted by molar-refractivity contribution is 5.87. The van der Waals surface area contributed by atoms with Crippen molar-refractivity contribution in [3.63, 3.8) is 0 Å². The van der Waals surface area contributed by atoms with E-state index < -0.39 is 0 Å². The lowest BCUT2D eigenvalue weighted by atomic mass is 10.1. The van der Waals surface area contributed by atoms with Crippen molar-refractivity contribution >= 4 is 16.9 Å². The average Bonchev–Trinajstić information content (AvgIpc) is 3.42. The second kappa shape index (κ2) is 7.75. The van der Waals surface area contributed by atoms with Crippen LogP contribution in [0.2, 0.25) is 0 Å². The standard InChI is InChI=1S/C21H26N6O/c1-2-10-26(9-1)11-3-13-28-19-5-4-16-14-27(12-7-18(16)25-19)21-17-6-8-22-20(17)23-15-24-21/h4-6,8,15H,1-3,7,9-14H2,(H,22,23,24). The second-order valence-corrected chi connectivity index (χ2v) is 7.61. The van der Waals surface area contributed by atoms with Crippen LogP contribution >= 0.6 is 0 Å². The number of nitrogens with one attached hydrogen (secondary N) is 1. The van der Waals surface area contributed by atoms with Crippen LogP contribution in [-0.4, -0.2) is 57.6 Å². The lowest BCUT2D eigenvalue weighted by Crippen LogP contribution is -2.31. The summed E-state index contributed by atoms with van der Waals surface area (Å²) in [4.78, 5) is 21.6. The molecule has 2 aliphatic rings. The van der Waals surface area contributed by atoms with Crippen molar-refractivity contribution in [2.24, 2.45) is 0 Å². The average molecular weight is 378 g/mol. The van der Waals surface area contributed by atoms with E-state index in [1.54, 1.807) is 6.33 Å². The molecule has 0 radical (unpaired) electrons. The fraction of sp³-hybridized carbons (Fsp3) is 0.476. The first-order valence-electron chi connectivity index (χ1n) is 10.2. The number of nitrogens with zero attached hydrogens (tertiary/aromatic N) is 5. The topological polar surface area (TPSA) is 70.2 Å². The predicted octanol–water partition coefficient (Wildman–Crippen LogP) is 2.78. The van der Waals surface area contributed by atoms with Crippen LogP contribution in [0.3, 0.4) is 0 Å². The first-order valence-corrected chi connectivity index (χ1v) is 10.2. The highest BCUT2D eigenvalue weighted by Gasteiger charge is 2.21. The van der Waals surface area contributed by atoms with Gasteiger partial charge in [0.05, 0.1) is 17.7 Å². The molecule has 5 rings (SSSR count). The number of hydrogen-bond donors (Lipinski definition) is 1. The Balaban J connectivity index is 1.21. The third kappa shape index (κ3) is 3.54. The summed E-state index contributed by atoms with van der Waals surface area (Å²) in [5.74, 6) is 1.74. The normalized spacial score (nSPS) is 17.2. The Bertz CT molecular complexity index is 949. The zero-order chi connectivity index (χ0) is 18.8. The maximum atomic E-state index is 5.91. The monoisotopic (exact) mass is 378 g/mol. The summed E-state index contributed by atoms with van der Waals surface area (Å²) < 4.78 is 5.91. The van der Waals surface area contributed by atoms with Crippen LogP contribution < -0.4 is 9.64 Å². The van der Waals surface area contributed by atoms with Gasteiger partial charge < -0.3 is 19.5 Å². The van der Waals surface area contributed by atoms with Crippen molar-refractivity contribution in [2.45, 2.75) is 32.2 Å². The van der Waals surface area contributed by atoms with Crippen LogP contribution in [0, 0.1) is 0 Å². The van der Waals surface area contributed by atoms with E-state index >= 15 is 0 Å². The van der Waals surface area contributed by atoms with E-state index in [0.29, 0.717) is 0 Å². The van der Waals surface area contributed by atoms with Gasteiger partial charge in [0, 0.05) is 38.3 Å². The number of aromatic nitrogens is 4. The Labute approximate surface area is 164 Å². The van der Waals surface area contributed by atoms with Gasteiger partial charge in [0.2, 0.25) is 5.88 Å². The largest absolute Gasteiger partial charge is 0.478 e.